The van der Waals surface area contributed by atoms with Crippen LogP contribution in [0.4, 0.5) is 5.69 Å². The number of nitriles is 1. The molecule has 5 heteroatoms. The standard InChI is InChI=1S/C12H12ClN3O/c13-10-5-8(6-14)1-4-11(10)16-12(17)7-15-9-2-3-9/h1,4-5,9,15H,2-3,7H2,(H,16,17). The molecule has 1 aliphatic carbocycles. The highest BCUT2D eigenvalue weighted by molar-refractivity contribution is 6.33. The number of carbonyl (C=O) groups excluding carboxylic acids is 1. The lowest BCUT2D eigenvalue weighted by molar-refractivity contribution is -0.115. The molecule has 0 aliphatic heterocycles. The fourth-order valence-corrected chi connectivity index (χ4v) is 1.63. The molecular formula is C12H12ClN3O. The van der Waals surface area contributed by atoms with Crippen molar-refractivity contribution in [2.24, 2.45) is 0 Å². The molecule has 1 aromatic carbocycles. The van der Waals surface area contributed by atoms with Gasteiger partial charge in [-0.3, -0.25) is 4.79 Å². The number of benzene rings is 1. The van der Waals surface area contributed by atoms with Crippen molar-refractivity contribution in [3.8, 4) is 6.07 Å². The van der Waals surface area contributed by atoms with Crippen molar-refractivity contribution < 1.29 is 4.79 Å². The van der Waals surface area contributed by atoms with Crippen molar-refractivity contribution in [3.63, 3.8) is 0 Å². The second-order valence-electron chi connectivity index (χ2n) is 4.01. The van der Waals surface area contributed by atoms with Gasteiger partial charge in [0.1, 0.15) is 0 Å². The van der Waals surface area contributed by atoms with E-state index in [-0.39, 0.29) is 5.91 Å². The molecular weight excluding hydrogens is 238 g/mol. The third-order valence-corrected chi connectivity index (χ3v) is 2.81. The van der Waals surface area contributed by atoms with Gasteiger partial charge in [-0.15, -0.1) is 0 Å². The fourth-order valence-electron chi connectivity index (χ4n) is 1.40. The van der Waals surface area contributed by atoms with Crippen molar-refractivity contribution in [2.45, 2.75) is 18.9 Å². The summed E-state index contributed by atoms with van der Waals surface area (Å²) in [4.78, 5) is 11.6. The number of halogens is 1. The molecule has 0 heterocycles. The minimum Gasteiger partial charge on any atom is -0.324 e. The molecule has 1 fully saturated rings. The summed E-state index contributed by atoms with van der Waals surface area (Å²) in [5, 5.41) is 14.9. The van der Waals surface area contributed by atoms with Crippen LogP contribution >= 0.6 is 11.6 Å². The van der Waals surface area contributed by atoms with Crippen molar-refractivity contribution in [1.29, 1.82) is 5.26 Å². The van der Waals surface area contributed by atoms with Gasteiger partial charge in [0.2, 0.25) is 5.91 Å². The number of anilines is 1. The van der Waals surface area contributed by atoms with Gasteiger partial charge in [-0.1, -0.05) is 11.6 Å². The van der Waals surface area contributed by atoms with Crippen molar-refractivity contribution >= 4 is 23.2 Å². The Balaban J connectivity index is 1.93. The van der Waals surface area contributed by atoms with Crippen LogP contribution in [-0.4, -0.2) is 18.5 Å². The van der Waals surface area contributed by atoms with E-state index in [1.54, 1.807) is 12.1 Å². The maximum atomic E-state index is 11.6. The van der Waals surface area contributed by atoms with E-state index in [9.17, 15) is 4.79 Å². The van der Waals surface area contributed by atoms with E-state index in [0.29, 0.717) is 28.9 Å². The third kappa shape index (κ3) is 3.45. The van der Waals surface area contributed by atoms with E-state index < -0.39 is 0 Å². The normalized spacial score (nSPS) is 14.1. The summed E-state index contributed by atoms with van der Waals surface area (Å²) in [5.74, 6) is -0.122. The average molecular weight is 250 g/mol. The van der Waals surface area contributed by atoms with Crippen LogP contribution in [0.1, 0.15) is 18.4 Å². The number of carbonyl (C=O) groups is 1. The first-order valence-corrected chi connectivity index (χ1v) is 5.79. The minimum atomic E-state index is -0.122. The molecule has 0 spiro atoms. The van der Waals surface area contributed by atoms with Crippen molar-refractivity contribution in [3.05, 3.63) is 28.8 Å². The first-order chi connectivity index (χ1) is 8.19. The first kappa shape index (κ1) is 11.9. The van der Waals surface area contributed by atoms with Gasteiger partial charge in [0.05, 0.1) is 28.9 Å². The second kappa shape index (κ2) is 5.17. The molecule has 0 unspecified atom stereocenters. The Morgan fingerprint density at radius 2 is 2.29 bits per heavy atom. The van der Waals surface area contributed by atoms with Crippen LogP contribution in [0.25, 0.3) is 0 Å². The molecule has 1 aliphatic rings. The number of hydrogen-bond acceptors (Lipinski definition) is 3. The van der Waals surface area contributed by atoms with E-state index in [1.165, 1.54) is 6.07 Å². The zero-order chi connectivity index (χ0) is 12.3. The molecule has 88 valence electrons. The largest absolute Gasteiger partial charge is 0.324 e. The lowest BCUT2D eigenvalue weighted by atomic mass is 10.2. The van der Waals surface area contributed by atoms with Crippen molar-refractivity contribution in [1.82, 2.24) is 5.32 Å². The van der Waals surface area contributed by atoms with Crippen molar-refractivity contribution in [2.75, 3.05) is 11.9 Å². The summed E-state index contributed by atoms with van der Waals surface area (Å²) >= 11 is 5.94. The molecule has 0 saturated heterocycles. The van der Waals surface area contributed by atoms with Crippen LogP contribution < -0.4 is 10.6 Å². The highest BCUT2D eigenvalue weighted by Gasteiger charge is 2.21. The Labute approximate surface area is 105 Å². The predicted molar refractivity (Wildman–Crippen MR) is 65.8 cm³/mol. The van der Waals surface area contributed by atoms with Gasteiger partial charge < -0.3 is 10.6 Å². The molecule has 2 rings (SSSR count). The highest BCUT2D eigenvalue weighted by atomic mass is 35.5. The molecule has 0 radical (unpaired) electrons. The first-order valence-electron chi connectivity index (χ1n) is 5.42. The predicted octanol–water partition coefficient (Wildman–Crippen LogP) is 1.90. The number of amides is 1. The number of nitrogens with zero attached hydrogens (tertiary/aromatic N) is 1. The topological polar surface area (TPSA) is 64.9 Å². The van der Waals surface area contributed by atoms with Crippen LogP contribution in [0, 0.1) is 11.3 Å². The van der Waals surface area contributed by atoms with E-state index in [2.05, 4.69) is 10.6 Å². The van der Waals surface area contributed by atoms with E-state index in [1.807, 2.05) is 6.07 Å². The summed E-state index contributed by atoms with van der Waals surface area (Å²) in [6.45, 7) is 0.293. The van der Waals surface area contributed by atoms with E-state index in [4.69, 9.17) is 16.9 Å². The Morgan fingerprint density at radius 3 is 2.88 bits per heavy atom. The minimum absolute atomic E-state index is 0.122. The Morgan fingerprint density at radius 1 is 1.53 bits per heavy atom. The fraction of sp³-hybridized carbons (Fsp3) is 0.333. The third-order valence-electron chi connectivity index (χ3n) is 2.50. The SMILES string of the molecule is N#Cc1ccc(NC(=O)CNC2CC2)c(Cl)c1. The second-order valence-corrected chi connectivity index (χ2v) is 4.42. The summed E-state index contributed by atoms with van der Waals surface area (Å²) in [6.07, 6.45) is 2.29. The summed E-state index contributed by atoms with van der Waals surface area (Å²) in [6, 6.07) is 7.27. The molecule has 17 heavy (non-hydrogen) atoms. The summed E-state index contributed by atoms with van der Waals surface area (Å²) < 4.78 is 0. The van der Waals surface area contributed by atoms with Crippen LogP contribution in [0.15, 0.2) is 18.2 Å². The van der Waals surface area contributed by atoms with Gasteiger partial charge in [-0.05, 0) is 31.0 Å². The summed E-state index contributed by atoms with van der Waals surface area (Å²) in [7, 11) is 0. The number of nitrogens with one attached hydrogen (secondary N) is 2. The Hall–Kier alpha value is -1.57. The quantitative estimate of drug-likeness (QED) is 0.857. The Kier molecular flexibility index (Phi) is 3.62. The van der Waals surface area contributed by atoms with Gasteiger partial charge in [0.25, 0.3) is 0 Å². The van der Waals surface area contributed by atoms with Gasteiger partial charge in [0.15, 0.2) is 0 Å². The zero-order valence-corrected chi connectivity index (χ0v) is 9.92. The van der Waals surface area contributed by atoms with Crippen LogP contribution in [-0.2, 0) is 4.79 Å². The van der Waals surface area contributed by atoms with Gasteiger partial charge >= 0.3 is 0 Å². The molecule has 1 amide bonds. The van der Waals surface area contributed by atoms with Gasteiger partial charge in [0, 0.05) is 6.04 Å². The lowest BCUT2D eigenvalue weighted by Crippen LogP contribution is -2.29. The molecule has 0 bridgehead atoms. The number of rotatable bonds is 4. The molecule has 4 nitrogen and oxygen atoms in total. The average Bonchev–Trinajstić information content (AvgIpc) is 3.13. The zero-order valence-electron chi connectivity index (χ0n) is 9.16. The monoisotopic (exact) mass is 249 g/mol. The van der Waals surface area contributed by atoms with Crippen LogP contribution in [0.5, 0.6) is 0 Å². The maximum absolute atomic E-state index is 11.6. The summed E-state index contributed by atoms with van der Waals surface area (Å²) in [5.41, 5.74) is 1.01. The van der Waals surface area contributed by atoms with Gasteiger partial charge in [-0.2, -0.15) is 5.26 Å². The number of hydrogen-bond donors (Lipinski definition) is 2. The molecule has 1 aromatic rings. The highest BCUT2D eigenvalue weighted by Crippen LogP contribution is 2.22. The maximum Gasteiger partial charge on any atom is 0.238 e. The van der Waals surface area contributed by atoms with Crippen LogP contribution in [0.3, 0.4) is 0 Å². The Bertz CT molecular complexity index is 477. The molecule has 2 N–H and O–H groups in total. The van der Waals surface area contributed by atoms with Crippen LogP contribution in [0.2, 0.25) is 5.02 Å². The lowest BCUT2D eigenvalue weighted by Gasteiger charge is -2.07. The molecule has 0 atom stereocenters. The van der Waals surface area contributed by atoms with E-state index >= 15 is 0 Å². The van der Waals surface area contributed by atoms with Gasteiger partial charge in [-0.25, -0.2) is 0 Å². The molecule has 0 aromatic heterocycles. The smallest absolute Gasteiger partial charge is 0.238 e. The molecule has 1 saturated carbocycles. The van der Waals surface area contributed by atoms with E-state index in [0.717, 1.165) is 12.8 Å².